The Hall–Kier alpha value is -1.24. The maximum atomic E-state index is 13.5. The van der Waals surface area contributed by atoms with E-state index in [1.54, 1.807) is 24.3 Å². The summed E-state index contributed by atoms with van der Waals surface area (Å²) in [7, 11) is 1.88. The zero-order valence-corrected chi connectivity index (χ0v) is 14.0. The Labute approximate surface area is 137 Å². The average molecular weight is 377 g/mol. The molecule has 21 heavy (non-hydrogen) atoms. The standard InChI is InChI=1S/C14H15BrFN3O.ClH/c1-9(17-2)7-13-18-14(20-19-13)6-3-10-8-11(15)4-5-12(10)16;/h3-6,8-9,17H,7H2,1-2H3;1H/b6-3+;. The summed E-state index contributed by atoms with van der Waals surface area (Å²) in [6.45, 7) is 2.03. The van der Waals surface area contributed by atoms with Crippen LogP contribution in [0.2, 0.25) is 0 Å². The first-order valence-electron chi connectivity index (χ1n) is 6.21. The lowest BCUT2D eigenvalue weighted by molar-refractivity contribution is 0.400. The van der Waals surface area contributed by atoms with Gasteiger partial charge in [-0.1, -0.05) is 21.1 Å². The monoisotopic (exact) mass is 375 g/mol. The van der Waals surface area contributed by atoms with Crippen molar-refractivity contribution in [2.45, 2.75) is 19.4 Å². The number of hydrogen-bond donors (Lipinski definition) is 1. The number of halogens is 3. The quantitative estimate of drug-likeness (QED) is 0.864. The number of benzene rings is 1. The molecule has 7 heteroatoms. The number of likely N-dealkylation sites (N-methyl/N-ethyl adjacent to an activating group) is 1. The van der Waals surface area contributed by atoms with Crippen molar-refractivity contribution in [1.29, 1.82) is 0 Å². The molecular weight excluding hydrogens is 361 g/mol. The second kappa shape index (κ2) is 8.26. The van der Waals surface area contributed by atoms with E-state index in [0.717, 1.165) is 4.47 Å². The van der Waals surface area contributed by atoms with Crippen LogP contribution in [0.5, 0.6) is 0 Å². The molecule has 1 heterocycles. The first-order valence-corrected chi connectivity index (χ1v) is 7.01. The molecule has 0 amide bonds. The predicted octanol–water partition coefficient (Wildman–Crippen LogP) is 3.71. The smallest absolute Gasteiger partial charge is 0.250 e. The predicted molar refractivity (Wildman–Crippen MR) is 86.8 cm³/mol. The van der Waals surface area contributed by atoms with Crippen LogP contribution in [0.1, 0.15) is 24.2 Å². The Morgan fingerprint density at radius 3 is 2.90 bits per heavy atom. The highest BCUT2D eigenvalue weighted by Gasteiger charge is 2.07. The van der Waals surface area contributed by atoms with Crippen LogP contribution in [0.4, 0.5) is 4.39 Å². The van der Waals surface area contributed by atoms with E-state index in [9.17, 15) is 4.39 Å². The molecule has 1 N–H and O–H groups in total. The molecule has 0 saturated carbocycles. The summed E-state index contributed by atoms with van der Waals surface area (Å²) in [5, 5.41) is 6.98. The number of aromatic nitrogens is 2. The lowest BCUT2D eigenvalue weighted by Gasteiger charge is -2.04. The molecule has 114 valence electrons. The Kier molecular flexibility index (Phi) is 7.01. The average Bonchev–Trinajstić information content (AvgIpc) is 2.87. The zero-order chi connectivity index (χ0) is 14.5. The minimum atomic E-state index is -0.298. The fourth-order valence-electron chi connectivity index (χ4n) is 1.60. The summed E-state index contributed by atoms with van der Waals surface area (Å²) in [5.41, 5.74) is 0.461. The Bertz CT molecular complexity index is 618. The van der Waals surface area contributed by atoms with E-state index in [1.807, 2.05) is 14.0 Å². The molecule has 1 unspecified atom stereocenters. The van der Waals surface area contributed by atoms with E-state index in [2.05, 4.69) is 31.4 Å². The van der Waals surface area contributed by atoms with Gasteiger partial charge >= 0.3 is 0 Å². The highest BCUT2D eigenvalue weighted by atomic mass is 79.9. The molecule has 0 saturated heterocycles. The van der Waals surface area contributed by atoms with Crippen LogP contribution in [0.3, 0.4) is 0 Å². The largest absolute Gasteiger partial charge is 0.335 e. The molecule has 0 aliphatic heterocycles. The first-order chi connectivity index (χ1) is 9.58. The van der Waals surface area contributed by atoms with E-state index in [0.29, 0.717) is 23.7 Å². The van der Waals surface area contributed by atoms with Crippen molar-refractivity contribution in [2.24, 2.45) is 0 Å². The molecule has 1 aromatic heterocycles. The van der Waals surface area contributed by atoms with Gasteiger partial charge in [0.1, 0.15) is 5.82 Å². The summed E-state index contributed by atoms with van der Waals surface area (Å²) in [6, 6.07) is 5.01. The van der Waals surface area contributed by atoms with E-state index in [-0.39, 0.29) is 24.3 Å². The van der Waals surface area contributed by atoms with Crippen LogP contribution in [-0.2, 0) is 6.42 Å². The van der Waals surface area contributed by atoms with Gasteiger partial charge in [-0.15, -0.1) is 12.4 Å². The molecule has 2 aromatic rings. The first kappa shape index (κ1) is 17.8. The minimum Gasteiger partial charge on any atom is -0.335 e. The Morgan fingerprint density at radius 1 is 1.43 bits per heavy atom. The van der Waals surface area contributed by atoms with Gasteiger partial charge in [0.15, 0.2) is 5.82 Å². The number of nitrogens with one attached hydrogen (secondary N) is 1. The molecule has 2 rings (SSSR count). The van der Waals surface area contributed by atoms with E-state index < -0.39 is 0 Å². The molecular formula is C14H16BrClFN3O. The zero-order valence-electron chi connectivity index (χ0n) is 11.6. The van der Waals surface area contributed by atoms with E-state index in [4.69, 9.17) is 4.52 Å². The second-order valence-electron chi connectivity index (χ2n) is 4.44. The fraction of sp³-hybridized carbons (Fsp3) is 0.286. The van der Waals surface area contributed by atoms with Crippen molar-refractivity contribution < 1.29 is 8.91 Å². The van der Waals surface area contributed by atoms with Crippen molar-refractivity contribution in [3.63, 3.8) is 0 Å². The maximum absolute atomic E-state index is 13.5. The molecule has 0 spiro atoms. The molecule has 1 atom stereocenters. The van der Waals surface area contributed by atoms with Crippen molar-refractivity contribution >= 4 is 40.5 Å². The fourth-order valence-corrected chi connectivity index (χ4v) is 1.98. The van der Waals surface area contributed by atoms with Gasteiger partial charge in [-0.2, -0.15) is 4.98 Å². The summed E-state index contributed by atoms with van der Waals surface area (Å²) >= 11 is 3.30. The van der Waals surface area contributed by atoms with Gasteiger partial charge in [-0.3, -0.25) is 0 Å². The van der Waals surface area contributed by atoms with Crippen LogP contribution >= 0.6 is 28.3 Å². The Morgan fingerprint density at radius 2 is 2.19 bits per heavy atom. The Balaban J connectivity index is 0.00000220. The van der Waals surface area contributed by atoms with Crippen LogP contribution in [0.15, 0.2) is 27.2 Å². The van der Waals surface area contributed by atoms with Crippen LogP contribution < -0.4 is 5.32 Å². The highest BCUT2D eigenvalue weighted by molar-refractivity contribution is 9.10. The van der Waals surface area contributed by atoms with Crippen LogP contribution in [-0.4, -0.2) is 23.2 Å². The molecule has 0 radical (unpaired) electrons. The van der Waals surface area contributed by atoms with Crippen molar-refractivity contribution in [3.05, 3.63) is 45.8 Å². The lowest BCUT2D eigenvalue weighted by Crippen LogP contribution is -2.24. The maximum Gasteiger partial charge on any atom is 0.250 e. The molecule has 4 nitrogen and oxygen atoms in total. The normalized spacial score (nSPS) is 12.4. The summed E-state index contributed by atoms with van der Waals surface area (Å²) in [5.74, 6) is 0.692. The topological polar surface area (TPSA) is 51.0 Å². The third kappa shape index (κ3) is 5.22. The second-order valence-corrected chi connectivity index (χ2v) is 5.36. The number of nitrogens with zero attached hydrogens (tertiary/aromatic N) is 2. The summed E-state index contributed by atoms with van der Waals surface area (Å²) in [6.07, 6.45) is 3.89. The van der Waals surface area contributed by atoms with Gasteiger partial charge in [0, 0.05) is 28.6 Å². The van der Waals surface area contributed by atoms with Crippen LogP contribution in [0.25, 0.3) is 12.2 Å². The summed E-state index contributed by atoms with van der Waals surface area (Å²) < 4.78 is 19.5. The van der Waals surface area contributed by atoms with Gasteiger partial charge in [0.2, 0.25) is 0 Å². The van der Waals surface area contributed by atoms with Gasteiger partial charge < -0.3 is 9.84 Å². The van der Waals surface area contributed by atoms with Gasteiger partial charge in [-0.05, 0) is 38.2 Å². The molecule has 1 aromatic carbocycles. The highest BCUT2D eigenvalue weighted by Crippen LogP contribution is 2.17. The third-order valence-corrected chi connectivity index (χ3v) is 3.32. The molecule has 0 aliphatic rings. The van der Waals surface area contributed by atoms with Gasteiger partial charge in [-0.25, -0.2) is 4.39 Å². The van der Waals surface area contributed by atoms with Gasteiger partial charge in [0.25, 0.3) is 5.89 Å². The number of rotatable bonds is 5. The summed E-state index contributed by atoms with van der Waals surface area (Å²) in [4.78, 5) is 4.23. The van der Waals surface area contributed by atoms with Crippen molar-refractivity contribution in [1.82, 2.24) is 15.5 Å². The van der Waals surface area contributed by atoms with Crippen molar-refractivity contribution in [2.75, 3.05) is 7.05 Å². The van der Waals surface area contributed by atoms with Crippen molar-refractivity contribution in [3.8, 4) is 0 Å². The minimum absolute atomic E-state index is 0. The van der Waals surface area contributed by atoms with Crippen LogP contribution in [0, 0.1) is 5.82 Å². The van der Waals surface area contributed by atoms with E-state index in [1.165, 1.54) is 6.07 Å². The third-order valence-electron chi connectivity index (χ3n) is 2.83. The van der Waals surface area contributed by atoms with E-state index >= 15 is 0 Å². The lowest BCUT2D eigenvalue weighted by atomic mass is 10.2. The molecule has 0 aliphatic carbocycles. The number of hydrogen-bond acceptors (Lipinski definition) is 4. The molecule has 0 bridgehead atoms. The SMILES string of the molecule is CNC(C)Cc1noc(/C=C/c2cc(Br)ccc2F)n1.Cl. The molecule has 0 fully saturated rings. The van der Waals surface area contributed by atoms with Gasteiger partial charge in [0.05, 0.1) is 0 Å².